The van der Waals surface area contributed by atoms with Crippen LogP contribution in [0, 0.1) is 5.82 Å². The zero-order valence-electron chi connectivity index (χ0n) is 9.14. The van der Waals surface area contributed by atoms with Crippen molar-refractivity contribution in [1.82, 2.24) is 0 Å². The van der Waals surface area contributed by atoms with E-state index in [1.807, 2.05) is 0 Å². The summed E-state index contributed by atoms with van der Waals surface area (Å²) in [6.07, 6.45) is 0.535. The van der Waals surface area contributed by atoms with E-state index >= 15 is 0 Å². The maximum absolute atomic E-state index is 12.6. The summed E-state index contributed by atoms with van der Waals surface area (Å²) in [5, 5.41) is 9.30. The van der Waals surface area contributed by atoms with Crippen molar-refractivity contribution < 1.29 is 23.8 Å². The number of methoxy groups -OCH3 is 1. The van der Waals surface area contributed by atoms with Crippen molar-refractivity contribution in [3.63, 3.8) is 0 Å². The van der Waals surface area contributed by atoms with Gasteiger partial charge in [-0.2, -0.15) is 0 Å². The molecule has 0 saturated carbocycles. The highest BCUT2D eigenvalue weighted by atomic mass is 19.1. The van der Waals surface area contributed by atoms with Crippen molar-refractivity contribution in [3.05, 3.63) is 47.5 Å². The van der Waals surface area contributed by atoms with Gasteiger partial charge in [0.15, 0.2) is 5.78 Å². The minimum Gasteiger partial charge on any atom is -0.512 e. The molecular weight excluding hydrogens is 227 g/mol. The van der Waals surface area contributed by atoms with E-state index in [-0.39, 0.29) is 12.0 Å². The quantitative estimate of drug-likeness (QED) is 0.377. The predicted molar refractivity (Wildman–Crippen MR) is 58.1 cm³/mol. The van der Waals surface area contributed by atoms with E-state index in [9.17, 15) is 19.1 Å². The largest absolute Gasteiger partial charge is 0.512 e. The van der Waals surface area contributed by atoms with Crippen LogP contribution in [0.25, 0.3) is 0 Å². The van der Waals surface area contributed by atoms with Crippen LogP contribution in [0.1, 0.15) is 16.8 Å². The van der Waals surface area contributed by atoms with Crippen molar-refractivity contribution in [3.8, 4) is 0 Å². The third-order valence-corrected chi connectivity index (χ3v) is 1.98. The Morgan fingerprint density at radius 2 is 1.94 bits per heavy atom. The Morgan fingerprint density at radius 1 is 1.35 bits per heavy atom. The second-order valence-corrected chi connectivity index (χ2v) is 3.26. The van der Waals surface area contributed by atoms with E-state index in [0.29, 0.717) is 0 Å². The molecule has 0 heterocycles. The first kappa shape index (κ1) is 12.9. The summed E-state index contributed by atoms with van der Waals surface area (Å²) >= 11 is 0. The number of ketones is 1. The summed E-state index contributed by atoms with van der Waals surface area (Å²) in [5.74, 6) is -2.01. The first-order valence-corrected chi connectivity index (χ1v) is 4.79. The third kappa shape index (κ3) is 4.06. The van der Waals surface area contributed by atoms with E-state index in [1.54, 1.807) is 0 Å². The number of rotatable bonds is 4. The SMILES string of the molecule is COC(=O)C/C(O)=C/C(=O)c1ccc(F)cc1. The fourth-order valence-corrected chi connectivity index (χ4v) is 1.12. The van der Waals surface area contributed by atoms with Gasteiger partial charge < -0.3 is 9.84 Å². The van der Waals surface area contributed by atoms with Gasteiger partial charge in [0.2, 0.25) is 0 Å². The monoisotopic (exact) mass is 238 g/mol. The number of halogens is 1. The maximum Gasteiger partial charge on any atom is 0.313 e. The zero-order chi connectivity index (χ0) is 12.8. The van der Waals surface area contributed by atoms with Crippen LogP contribution in [0.15, 0.2) is 36.1 Å². The van der Waals surface area contributed by atoms with Crippen LogP contribution in [-0.2, 0) is 9.53 Å². The number of aliphatic hydroxyl groups is 1. The van der Waals surface area contributed by atoms with Crippen molar-refractivity contribution in [2.45, 2.75) is 6.42 Å². The molecular formula is C12H11FO4. The molecule has 17 heavy (non-hydrogen) atoms. The highest BCUT2D eigenvalue weighted by molar-refractivity contribution is 6.04. The smallest absolute Gasteiger partial charge is 0.313 e. The lowest BCUT2D eigenvalue weighted by atomic mass is 10.1. The second kappa shape index (κ2) is 5.79. The van der Waals surface area contributed by atoms with Crippen LogP contribution in [-0.4, -0.2) is 24.0 Å². The lowest BCUT2D eigenvalue weighted by molar-refractivity contribution is -0.140. The number of ether oxygens (including phenoxy) is 1. The van der Waals surface area contributed by atoms with E-state index in [1.165, 1.54) is 19.2 Å². The number of benzene rings is 1. The molecule has 0 aliphatic rings. The van der Waals surface area contributed by atoms with Gasteiger partial charge in [-0.15, -0.1) is 0 Å². The molecule has 0 aromatic heterocycles. The second-order valence-electron chi connectivity index (χ2n) is 3.26. The summed E-state index contributed by atoms with van der Waals surface area (Å²) in [5.41, 5.74) is 0.225. The average Bonchev–Trinajstić information content (AvgIpc) is 2.29. The molecule has 0 amide bonds. The Balaban J connectivity index is 2.74. The Morgan fingerprint density at radius 3 is 2.47 bits per heavy atom. The number of hydrogen-bond acceptors (Lipinski definition) is 4. The third-order valence-electron chi connectivity index (χ3n) is 1.98. The molecule has 0 spiro atoms. The molecule has 0 aliphatic heterocycles. The van der Waals surface area contributed by atoms with Crippen molar-refractivity contribution in [2.24, 2.45) is 0 Å². The lowest BCUT2D eigenvalue weighted by Crippen LogP contribution is -2.04. The summed E-state index contributed by atoms with van der Waals surface area (Å²) in [6, 6.07) is 4.86. The summed E-state index contributed by atoms with van der Waals surface area (Å²) in [4.78, 5) is 22.3. The van der Waals surface area contributed by atoms with Crippen LogP contribution < -0.4 is 0 Å². The topological polar surface area (TPSA) is 63.6 Å². The molecule has 1 aromatic rings. The summed E-state index contributed by atoms with van der Waals surface area (Å²) in [6.45, 7) is 0. The number of allylic oxidation sites excluding steroid dienone is 1. The normalized spacial score (nSPS) is 11.1. The number of hydrogen-bond donors (Lipinski definition) is 1. The molecule has 0 saturated heterocycles. The number of carbonyl (C=O) groups is 2. The van der Waals surface area contributed by atoms with E-state index in [0.717, 1.165) is 18.2 Å². The molecule has 90 valence electrons. The predicted octanol–water partition coefficient (Wildman–Crippen LogP) is 2.01. The molecule has 5 heteroatoms. The molecule has 0 atom stereocenters. The van der Waals surface area contributed by atoms with Crippen molar-refractivity contribution in [1.29, 1.82) is 0 Å². The molecule has 0 bridgehead atoms. The van der Waals surface area contributed by atoms with E-state index in [4.69, 9.17) is 0 Å². The van der Waals surface area contributed by atoms with Gasteiger partial charge in [-0.25, -0.2) is 4.39 Å². The van der Waals surface area contributed by atoms with Gasteiger partial charge in [0.25, 0.3) is 0 Å². The maximum atomic E-state index is 12.6. The highest BCUT2D eigenvalue weighted by Crippen LogP contribution is 2.07. The number of esters is 1. The van der Waals surface area contributed by atoms with Gasteiger partial charge in [-0.1, -0.05) is 0 Å². The van der Waals surface area contributed by atoms with Crippen LogP contribution >= 0.6 is 0 Å². The summed E-state index contributed by atoms with van der Waals surface area (Å²) < 4.78 is 16.9. The fourth-order valence-electron chi connectivity index (χ4n) is 1.12. The van der Waals surface area contributed by atoms with Gasteiger partial charge in [0.1, 0.15) is 18.0 Å². The van der Waals surface area contributed by atoms with Crippen LogP contribution in [0.2, 0.25) is 0 Å². The lowest BCUT2D eigenvalue weighted by Gasteiger charge is -1.99. The molecule has 4 nitrogen and oxygen atoms in total. The Hall–Kier alpha value is -2.17. The van der Waals surface area contributed by atoms with Crippen LogP contribution in [0.4, 0.5) is 4.39 Å². The molecule has 1 aromatic carbocycles. The van der Waals surface area contributed by atoms with Gasteiger partial charge >= 0.3 is 5.97 Å². The van der Waals surface area contributed by atoms with Crippen LogP contribution in [0.3, 0.4) is 0 Å². The number of aliphatic hydroxyl groups excluding tert-OH is 1. The molecule has 1 rings (SSSR count). The standard InChI is InChI=1S/C12H11FO4/c1-17-12(16)7-10(14)6-11(15)8-2-4-9(13)5-3-8/h2-6,14H,7H2,1H3/b10-6-. The minimum atomic E-state index is -0.648. The van der Waals surface area contributed by atoms with Gasteiger partial charge in [-0.05, 0) is 24.3 Å². The molecule has 0 fully saturated rings. The zero-order valence-corrected chi connectivity index (χ0v) is 9.14. The Bertz CT molecular complexity index is 448. The summed E-state index contributed by atoms with van der Waals surface area (Å²) in [7, 11) is 1.18. The molecule has 1 N–H and O–H groups in total. The van der Waals surface area contributed by atoms with Gasteiger partial charge in [0.05, 0.1) is 7.11 Å². The highest BCUT2D eigenvalue weighted by Gasteiger charge is 2.08. The van der Waals surface area contributed by atoms with Gasteiger partial charge in [-0.3, -0.25) is 9.59 Å². The molecule has 0 aliphatic carbocycles. The average molecular weight is 238 g/mol. The fraction of sp³-hybridized carbons (Fsp3) is 0.167. The first-order valence-electron chi connectivity index (χ1n) is 4.79. The number of carbonyl (C=O) groups excluding carboxylic acids is 2. The van der Waals surface area contributed by atoms with Gasteiger partial charge in [0, 0.05) is 11.6 Å². The molecule has 0 radical (unpaired) electrons. The molecule has 0 unspecified atom stereocenters. The van der Waals surface area contributed by atoms with E-state index < -0.39 is 23.3 Å². The van der Waals surface area contributed by atoms with Crippen molar-refractivity contribution in [2.75, 3.05) is 7.11 Å². The van der Waals surface area contributed by atoms with Crippen molar-refractivity contribution >= 4 is 11.8 Å². The Labute approximate surface area is 97.3 Å². The minimum absolute atomic E-state index is 0.225. The Kier molecular flexibility index (Phi) is 4.39. The first-order chi connectivity index (χ1) is 8.02. The van der Waals surface area contributed by atoms with Crippen LogP contribution in [0.5, 0.6) is 0 Å². The van der Waals surface area contributed by atoms with E-state index in [2.05, 4.69) is 4.74 Å².